The Morgan fingerprint density at radius 1 is 1.12 bits per heavy atom. The van der Waals surface area contributed by atoms with Crippen molar-refractivity contribution in [3.63, 3.8) is 0 Å². The highest BCUT2D eigenvalue weighted by atomic mass is 19.3. The maximum atomic E-state index is 13.1. The van der Waals surface area contributed by atoms with Crippen molar-refractivity contribution in [3.05, 3.63) is 34.6 Å². The second-order valence-corrected chi connectivity index (χ2v) is 3.91. The molecule has 17 heavy (non-hydrogen) atoms. The van der Waals surface area contributed by atoms with Crippen LogP contribution in [0.25, 0.3) is 0 Å². The summed E-state index contributed by atoms with van der Waals surface area (Å²) < 4.78 is 63.6. The lowest BCUT2D eigenvalue weighted by Gasteiger charge is -2.25. The van der Waals surface area contributed by atoms with Crippen molar-refractivity contribution in [1.29, 1.82) is 0 Å². The third-order valence-electron chi connectivity index (χ3n) is 2.58. The molecule has 0 saturated carbocycles. The van der Waals surface area contributed by atoms with E-state index < -0.39 is 24.2 Å². The zero-order valence-electron chi connectivity index (χ0n) is 9.28. The Bertz CT molecular complexity index is 393. The number of halogens is 5. The van der Waals surface area contributed by atoms with E-state index in [1.54, 1.807) is 0 Å². The second-order valence-electron chi connectivity index (χ2n) is 3.91. The van der Waals surface area contributed by atoms with Crippen LogP contribution in [0.15, 0.2) is 12.1 Å². The fraction of sp³-hybridized carbons (Fsp3) is 0.455. The van der Waals surface area contributed by atoms with Crippen molar-refractivity contribution in [2.24, 2.45) is 5.73 Å². The van der Waals surface area contributed by atoms with E-state index in [2.05, 4.69) is 0 Å². The highest BCUT2D eigenvalue weighted by Gasteiger charge is 2.48. The fourth-order valence-corrected chi connectivity index (χ4v) is 1.74. The summed E-state index contributed by atoms with van der Waals surface area (Å²) in [6.45, 7) is 2.71. The van der Waals surface area contributed by atoms with Gasteiger partial charge in [-0.25, -0.2) is 13.2 Å². The molecule has 1 unspecified atom stereocenters. The van der Waals surface area contributed by atoms with Gasteiger partial charge in [0.2, 0.25) is 0 Å². The maximum Gasteiger partial charge on any atom is 0.326 e. The van der Waals surface area contributed by atoms with E-state index in [1.807, 2.05) is 0 Å². The summed E-state index contributed by atoms with van der Waals surface area (Å²) in [4.78, 5) is 0. The molecule has 0 bridgehead atoms. The average Bonchev–Trinajstić information content (AvgIpc) is 2.15. The Balaban J connectivity index is 3.26. The second kappa shape index (κ2) is 4.60. The zero-order valence-corrected chi connectivity index (χ0v) is 9.28. The predicted molar refractivity (Wildman–Crippen MR) is 53.8 cm³/mol. The van der Waals surface area contributed by atoms with Gasteiger partial charge in [0.05, 0.1) is 0 Å². The lowest BCUT2D eigenvalue weighted by Crippen LogP contribution is -2.40. The highest BCUT2D eigenvalue weighted by Crippen LogP contribution is 2.37. The Hall–Kier alpha value is -1.17. The lowest BCUT2D eigenvalue weighted by atomic mass is 9.92. The molecule has 0 aliphatic carbocycles. The summed E-state index contributed by atoms with van der Waals surface area (Å²) in [5, 5.41) is 0. The Morgan fingerprint density at radius 3 is 1.88 bits per heavy atom. The normalized spacial score (nSPS) is 14.2. The molecule has 0 heterocycles. The van der Waals surface area contributed by atoms with Gasteiger partial charge in [0.1, 0.15) is 11.9 Å². The summed E-state index contributed by atoms with van der Waals surface area (Å²) in [7, 11) is 0. The van der Waals surface area contributed by atoms with E-state index in [9.17, 15) is 22.0 Å². The van der Waals surface area contributed by atoms with Crippen LogP contribution >= 0.6 is 0 Å². The van der Waals surface area contributed by atoms with Crippen LogP contribution in [-0.4, -0.2) is 12.3 Å². The summed E-state index contributed by atoms with van der Waals surface area (Å²) in [5.41, 5.74) is 5.30. The molecule has 0 fully saturated rings. The largest absolute Gasteiger partial charge is 0.326 e. The van der Waals surface area contributed by atoms with Crippen LogP contribution in [-0.2, 0) is 0 Å². The molecule has 1 aromatic rings. The Kier molecular flexibility index (Phi) is 3.76. The molecule has 0 aliphatic rings. The van der Waals surface area contributed by atoms with Gasteiger partial charge < -0.3 is 5.73 Å². The zero-order chi connectivity index (χ0) is 13.4. The third-order valence-corrected chi connectivity index (χ3v) is 2.58. The van der Waals surface area contributed by atoms with Gasteiger partial charge in [-0.1, -0.05) is 0 Å². The molecule has 0 spiro atoms. The number of benzene rings is 1. The quantitative estimate of drug-likeness (QED) is 0.821. The molecule has 0 amide bonds. The van der Waals surface area contributed by atoms with E-state index in [0.717, 1.165) is 12.1 Å². The van der Waals surface area contributed by atoms with Gasteiger partial charge in [0, 0.05) is 0 Å². The predicted octanol–water partition coefficient (Wildman–Crippen LogP) is 3.34. The Morgan fingerprint density at radius 2 is 1.53 bits per heavy atom. The first-order chi connectivity index (χ1) is 7.67. The first kappa shape index (κ1) is 13.9. The van der Waals surface area contributed by atoms with E-state index in [-0.39, 0.29) is 16.7 Å². The molecule has 1 rings (SSSR count). The number of aryl methyl sites for hydroxylation is 2. The molecule has 0 aliphatic heterocycles. The molecule has 96 valence electrons. The van der Waals surface area contributed by atoms with Crippen molar-refractivity contribution in [1.82, 2.24) is 0 Å². The summed E-state index contributed by atoms with van der Waals surface area (Å²) >= 11 is 0. The number of hydrogen-bond acceptors (Lipinski definition) is 1. The van der Waals surface area contributed by atoms with Gasteiger partial charge in [-0.3, -0.25) is 0 Å². The van der Waals surface area contributed by atoms with E-state index in [0.29, 0.717) is 0 Å². The van der Waals surface area contributed by atoms with Crippen LogP contribution in [0.5, 0.6) is 0 Å². The van der Waals surface area contributed by atoms with Gasteiger partial charge in [-0.2, -0.15) is 8.78 Å². The smallest absolute Gasteiger partial charge is 0.319 e. The highest BCUT2D eigenvalue weighted by molar-refractivity contribution is 5.38. The molecule has 1 atom stereocenters. The number of rotatable bonds is 3. The molecular weight excluding hydrogens is 241 g/mol. The molecule has 0 saturated heterocycles. The maximum absolute atomic E-state index is 13.1. The van der Waals surface area contributed by atoms with E-state index in [1.165, 1.54) is 13.8 Å². The lowest BCUT2D eigenvalue weighted by molar-refractivity contribution is -0.144. The van der Waals surface area contributed by atoms with Gasteiger partial charge >= 0.3 is 12.3 Å². The first-order valence-corrected chi connectivity index (χ1v) is 4.86. The molecule has 1 nitrogen and oxygen atoms in total. The van der Waals surface area contributed by atoms with Gasteiger partial charge in [-0.05, 0) is 42.7 Å². The van der Waals surface area contributed by atoms with Crippen LogP contribution in [0, 0.1) is 19.7 Å². The fourth-order valence-electron chi connectivity index (χ4n) is 1.74. The summed E-state index contributed by atoms with van der Waals surface area (Å²) in [5.74, 6) is -4.95. The molecule has 6 heteroatoms. The van der Waals surface area contributed by atoms with Crippen LogP contribution in [0.3, 0.4) is 0 Å². The third kappa shape index (κ3) is 2.57. The Labute approximate surface area is 95.4 Å². The first-order valence-electron chi connectivity index (χ1n) is 4.86. The minimum atomic E-state index is -4.34. The van der Waals surface area contributed by atoms with Crippen molar-refractivity contribution in [2.45, 2.75) is 32.2 Å². The SMILES string of the molecule is Cc1cc(F)cc(C)c1C(N)C(F)(F)C(F)F. The van der Waals surface area contributed by atoms with Gasteiger partial charge in [-0.15, -0.1) is 0 Å². The van der Waals surface area contributed by atoms with Crippen LogP contribution in [0.4, 0.5) is 22.0 Å². The monoisotopic (exact) mass is 253 g/mol. The topological polar surface area (TPSA) is 26.0 Å². The number of hydrogen-bond donors (Lipinski definition) is 1. The molecule has 2 N–H and O–H groups in total. The van der Waals surface area contributed by atoms with E-state index >= 15 is 0 Å². The van der Waals surface area contributed by atoms with Crippen molar-refractivity contribution in [3.8, 4) is 0 Å². The van der Waals surface area contributed by atoms with E-state index in [4.69, 9.17) is 5.73 Å². The number of nitrogens with two attached hydrogens (primary N) is 1. The molecule has 0 radical (unpaired) electrons. The summed E-state index contributed by atoms with van der Waals surface area (Å²) in [6.07, 6.45) is -3.86. The standard InChI is InChI=1S/C11H12F5N/c1-5-3-7(12)4-6(2)8(5)9(17)11(15,16)10(13)14/h3-4,9-10H,17H2,1-2H3. The summed E-state index contributed by atoms with van der Waals surface area (Å²) in [6, 6.07) is -0.170. The van der Waals surface area contributed by atoms with Crippen LogP contribution in [0.1, 0.15) is 22.7 Å². The van der Waals surface area contributed by atoms with Crippen molar-refractivity contribution < 1.29 is 22.0 Å². The average molecular weight is 253 g/mol. The molecular formula is C11H12F5N. The number of alkyl halides is 4. The minimum Gasteiger partial charge on any atom is -0.319 e. The van der Waals surface area contributed by atoms with Gasteiger partial charge in [0.25, 0.3) is 0 Å². The van der Waals surface area contributed by atoms with Gasteiger partial charge in [0.15, 0.2) is 0 Å². The molecule has 1 aromatic carbocycles. The van der Waals surface area contributed by atoms with Crippen LogP contribution in [0.2, 0.25) is 0 Å². The van der Waals surface area contributed by atoms with Crippen molar-refractivity contribution in [2.75, 3.05) is 0 Å². The molecule has 0 aromatic heterocycles. The van der Waals surface area contributed by atoms with Crippen molar-refractivity contribution >= 4 is 0 Å². The van der Waals surface area contributed by atoms with Crippen LogP contribution < -0.4 is 5.73 Å². The minimum absolute atomic E-state index is 0.135.